The number of carbonyl (C=O) groups is 1. The second-order valence-corrected chi connectivity index (χ2v) is 9.08. The molecule has 1 aliphatic rings. The fourth-order valence-corrected chi connectivity index (χ4v) is 5.10. The third-order valence-corrected chi connectivity index (χ3v) is 6.66. The van der Waals surface area contributed by atoms with Crippen LogP contribution in [0.4, 0.5) is 9.52 Å². The monoisotopic (exact) mass is 435 g/mol. The normalized spacial score (nSPS) is 12.8. The summed E-state index contributed by atoms with van der Waals surface area (Å²) in [5.41, 5.74) is 1.06. The molecule has 0 fully saturated rings. The van der Waals surface area contributed by atoms with E-state index in [1.807, 2.05) is 0 Å². The highest BCUT2D eigenvalue weighted by Gasteiger charge is 2.23. The lowest BCUT2D eigenvalue weighted by Gasteiger charge is -2.13. The molecule has 0 radical (unpaired) electrons. The van der Waals surface area contributed by atoms with Gasteiger partial charge in [-0.05, 0) is 31.2 Å². The van der Waals surface area contributed by atoms with Crippen LogP contribution in [0.2, 0.25) is 0 Å². The summed E-state index contributed by atoms with van der Waals surface area (Å²) in [6.45, 7) is 1.80. The minimum atomic E-state index is -0.388. The zero-order chi connectivity index (χ0) is 19.7. The highest BCUT2D eigenvalue weighted by molar-refractivity contribution is 8.00. The quantitative estimate of drug-likeness (QED) is 0.487. The number of nitrogens with zero attached hydrogens (tertiary/aromatic N) is 4. The van der Waals surface area contributed by atoms with Gasteiger partial charge in [-0.15, -0.1) is 22.0 Å². The molecular formula is C17H14FN5O2S3. The molecule has 0 aliphatic carbocycles. The molecule has 7 nitrogen and oxygen atoms in total. The van der Waals surface area contributed by atoms with Crippen molar-refractivity contribution in [2.45, 2.75) is 23.4 Å². The minimum Gasteiger partial charge on any atom is -0.300 e. The largest absolute Gasteiger partial charge is 0.300 e. The standard InChI is InChI=1S/C17H14FN5O2S3/c1-9-21-22-16(28-9)20-13(24)8-27-17-19-12-6-7-26-14(12)15(25)23(17)11-4-2-10(18)3-5-11/h2-5H,6-8H2,1H3,(H,20,22,24). The molecule has 1 N–H and O–H groups in total. The molecule has 0 bridgehead atoms. The number of aromatic nitrogens is 4. The van der Waals surface area contributed by atoms with E-state index in [1.54, 1.807) is 6.92 Å². The van der Waals surface area contributed by atoms with Crippen molar-refractivity contribution in [2.24, 2.45) is 0 Å². The molecule has 0 unspecified atom stereocenters. The second-order valence-electron chi connectivity index (χ2n) is 5.85. The van der Waals surface area contributed by atoms with Gasteiger partial charge in [0.25, 0.3) is 5.56 Å². The maximum absolute atomic E-state index is 13.3. The number of carbonyl (C=O) groups excluding carboxylic acids is 1. The van der Waals surface area contributed by atoms with Crippen molar-refractivity contribution >= 4 is 45.9 Å². The van der Waals surface area contributed by atoms with Crippen molar-refractivity contribution in [3.63, 3.8) is 0 Å². The van der Waals surface area contributed by atoms with Crippen LogP contribution < -0.4 is 10.9 Å². The molecule has 28 heavy (non-hydrogen) atoms. The van der Waals surface area contributed by atoms with Gasteiger partial charge in [-0.25, -0.2) is 9.37 Å². The maximum atomic E-state index is 13.3. The number of benzene rings is 1. The van der Waals surface area contributed by atoms with Gasteiger partial charge < -0.3 is 0 Å². The Labute approximate surface area is 171 Å². The zero-order valence-corrected chi connectivity index (χ0v) is 17.1. The minimum absolute atomic E-state index is 0.0538. The van der Waals surface area contributed by atoms with Crippen LogP contribution in [-0.4, -0.2) is 37.2 Å². The predicted molar refractivity (Wildman–Crippen MR) is 108 cm³/mol. The van der Waals surface area contributed by atoms with Crippen molar-refractivity contribution in [2.75, 3.05) is 16.8 Å². The zero-order valence-electron chi connectivity index (χ0n) is 14.6. The molecule has 0 spiro atoms. The van der Waals surface area contributed by atoms with Crippen molar-refractivity contribution in [3.8, 4) is 5.69 Å². The third-order valence-electron chi connectivity index (χ3n) is 3.86. The van der Waals surface area contributed by atoms with Crippen molar-refractivity contribution in [1.29, 1.82) is 0 Å². The average Bonchev–Trinajstić information content (AvgIpc) is 3.30. The summed E-state index contributed by atoms with van der Waals surface area (Å²) < 4.78 is 14.7. The van der Waals surface area contributed by atoms with Gasteiger partial charge in [0.1, 0.15) is 10.8 Å². The summed E-state index contributed by atoms with van der Waals surface area (Å²) in [7, 11) is 0. The topological polar surface area (TPSA) is 89.8 Å². The number of nitrogens with one attached hydrogen (secondary N) is 1. The van der Waals surface area contributed by atoms with E-state index in [1.165, 1.54) is 51.9 Å². The molecule has 4 rings (SSSR count). The van der Waals surface area contributed by atoms with Crippen LogP contribution in [0.1, 0.15) is 10.7 Å². The Hall–Kier alpha value is -2.24. The van der Waals surface area contributed by atoms with Crippen LogP contribution in [0.5, 0.6) is 0 Å². The molecule has 0 atom stereocenters. The lowest BCUT2D eigenvalue weighted by atomic mass is 10.3. The molecule has 1 aromatic carbocycles. The van der Waals surface area contributed by atoms with Gasteiger partial charge in [-0.3, -0.25) is 19.5 Å². The third kappa shape index (κ3) is 3.96. The summed E-state index contributed by atoms with van der Waals surface area (Å²) in [6, 6.07) is 5.64. The molecule has 11 heteroatoms. The van der Waals surface area contributed by atoms with Crippen LogP contribution in [0, 0.1) is 12.7 Å². The summed E-state index contributed by atoms with van der Waals surface area (Å²) in [6.07, 6.45) is 0.712. The summed E-state index contributed by atoms with van der Waals surface area (Å²) >= 11 is 3.91. The van der Waals surface area contributed by atoms with E-state index in [-0.39, 0.29) is 23.0 Å². The SMILES string of the molecule is Cc1nnc(NC(=O)CSc2nc3c(c(=O)n2-c2ccc(F)cc2)SCC3)s1. The van der Waals surface area contributed by atoms with Crippen LogP contribution in [0.25, 0.3) is 5.69 Å². The molecule has 2 aromatic heterocycles. The van der Waals surface area contributed by atoms with Gasteiger partial charge in [0, 0.05) is 12.2 Å². The molecule has 144 valence electrons. The molecule has 0 saturated heterocycles. The Morgan fingerprint density at radius 2 is 2.11 bits per heavy atom. The van der Waals surface area contributed by atoms with E-state index < -0.39 is 0 Å². The molecule has 0 saturated carbocycles. The fraction of sp³-hybridized carbons (Fsp3) is 0.235. The van der Waals surface area contributed by atoms with Gasteiger partial charge in [0.05, 0.1) is 22.0 Å². The first-order chi connectivity index (χ1) is 13.5. The van der Waals surface area contributed by atoms with Gasteiger partial charge in [0.2, 0.25) is 11.0 Å². The first kappa shape index (κ1) is 19.1. The second kappa shape index (κ2) is 8.02. The molecule has 1 aliphatic heterocycles. The highest BCUT2D eigenvalue weighted by Crippen LogP contribution is 2.30. The lowest BCUT2D eigenvalue weighted by molar-refractivity contribution is -0.113. The van der Waals surface area contributed by atoms with E-state index >= 15 is 0 Å². The number of halogens is 1. The van der Waals surface area contributed by atoms with Crippen LogP contribution in [0.3, 0.4) is 0 Å². The number of rotatable bonds is 5. The summed E-state index contributed by atoms with van der Waals surface area (Å²) in [4.78, 5) is 30.4. The van der Waals surface area contributed by atoms with E-state index in [0.717, 1.165) is 28.2 Å². The summed E-state index contributed by atoms with van der Waals surface area (Å²) in [5, 5.41) is 12.0. The molecule has 3 aromatic rings. The van der Waals surface area contributed by atoms with Gasteiger partial charge >= 0.3 is 0 Å². The Morgan fingerprint density at radius 3 is 2.82 bits per heavy atom. The smallest absolute Gasteiger partial charge is 0.272 e. The van der Waals surface area contributed by atoms with Crippen LogP contribution >= 0.6 is 34.9 Å². The van der Waals surface area contributed by atoms with Crippen molar-refractivity contribution < 1.29 is 9.18 Å². The van der Waals surface area contributed by atoms with E-state index in [4.69, 9.17) is 0 Å². The number of amides is 1. The van der Waals surface area contributed by atoms with E-state index in [2.05, 4.69) is 20.5 Å². The van der Waals surface area contributed by atoms with E-state index in [0.29, 0.717) is 27.3 Å². The first-order valence-corrected chi connectivity index (χ1v) is 11.1. The first-order valence-electron chi connectivity index (χ1n) is 8.28. The number of anilines is 1. The number of hydrogen-bond donors (Lipinski definition) is 1. The predicted octanol–water partition coefficient (Wildman–Crippen LogP) is 2.91. The number of aryl methyl sites for hydroxylation is 2. The average molecular weight is 436 g/mol. The Bertz CT molecular complexity index is 1100. The number of hydrogen-bond acceptors (Lipinski definition) is 8. The van der Waals surface area contributed by atoms with Crippen LogP contribution in [0.15, 0.2) is 39.1 Å². The van der Waals surface area contributed by atoms with Gasteiger partial charge in [-0.1, -0.05) is 23.1 Å². The fourth-order valence-electron chi connectivity index (χ4n) is 2.64. The maximum Gasteiger partial charge on any atom is 0.272 e. The molecule has 1 amide bonds. The molecular weight excluding hydrogens is 421 g/mol. The van der Waals surface area contributed by atoms with Crippen molar-refractivity contribution in [1.82, 2.24) is 19.7 Å². The highest BCUT2D eigenvalue weighted by atomic mass is 32.2. The lowest BCUT2D eigenvalue weighted by Crippen LogP contribution is -2.24. The Morgan fingerprint density at radius 1 is 1.32 bits per heavy atom. The summed E-state index contributed by atoms with van der Waals surface area (Å²) in [5.74, 6) is 0.196. The van der Waals surface area contributed by atoms with Gasteiger partial charge in [-0.2, -0.15) is 0 Å². The van der Waals surface area contributed by atoms with Gasteiger partial charge in [0.15, 0.2) is 5.16 Å². The Balaban J connectivity index is 1.62. The van der Waals surface area contributed by atoms with Crippen LogP contribution in [-0.2, 0) is 11.2 Å². The van der Waals surface area contributed by atoms with Crippen molar-refractivity contribution in [3.05, 3.63) is 51.1 Å². The number of thioether (sulfide) groups is 2. The Kier molecular flexibility index (Phi) is 5.47. The van der Waals surface area contributed by atoms with E-state index in [9.17, 15) is 14.0 Å². The molecule has 3 heterocycles. The number of fused-ring (bicyclic) bond motifs is 1.